The topological polar surface area (TPSA) is 86.8 Å². The predicted octanol–water partition coefficient (Wildman–Crippen LogP) is 5.75. The SMILES string of the molecule is CCCNC(=O)[C@@H](Cc1ccccc1)N(Cc1ccc(F)cc1)C(=O)CN(c1ccccc1CC)S(=O)(=O)c1ccccc1. The van der Waals surface area contributed by atoms with Gasteiger partial charge in [0.1, 0.15) is 18.4 Å². The number of hydrogen-bond acceptors (Lipinski definition) is 4. The van der Waals surface area contributed by atoms with Crippen LogP contribution in [0.4, 0.5) is 10.1 Å². The zero-order valence-corrected chi connectivity index (χ0v) is 25.8. The van der Waals surface area contributed by atoms with Crippen molar-refractivity contribution in [2.24, 2.45) is 0 Å². The van der Waals surface area contributed by atoms with Gasteiger partial charge < -0.3 is 10.2 Å². The van der Waals surface area contributed by atoms with Gasteiger partial charge in [-0.15, -0.1) is 0 Å². The summed E-state index contributed by atoms with van der Waals surface area (Å²) in [5, 5.41) is 2.92. The molecule has 0 saturated heterocycles. The molecule has 0 saturated carbocycles. The number of amides is 2. The minimum Gasteiger partial charge on any atom is -0.354 e. The van der Waals surface area contributed by atoms with Gasteiger partial charge in [-0.25, -0.2) is 12.8 Å². The zero-order valence-electron chi connectivity index (χ0n) is 25.0. The van der Waals surface area contributed by atoms with Crippen molar-refractivity contribution >= 4 is 27.5 Å². The largest absolute Gasteiger partial charge is 0.354 e. The Balaban J connectivity index is 1.81. The summed E-state index contributed by atoms with van der Waals surface area (Å²) in [5.41, 5.74) is 2.59. The number of para-hydroxylation sites is 1. The van der Waals surface area contributed by atoms with E-state index in [2.05, 4.69) is 5.32 Å². The molecular weight excluding hydrogens is 577 g/mol. The Kier molecular flexibility index (Phi) is 11.3. The molecule has 2 amide bonds. The minimum atomic E-state index is -4.18. The highest BCUT2D eigenvalue weighted by molar-refractivity contribution is 7.92. The number of rotatable bonds is 14. The van der Waals surface area contributed by atoms with Gasteiger partial charge in [-0.1, -0.05) is 92.7 Å². The van der Waals surface area contributed by atoms with Crippen molar-refractivity contribution in [2.45, 2.75) is 50.6 Å². The number of halogens is 1. The van der Waals surface area contributed by atoms with Gasteiger partial charge in [-0.2, -0.15) is 0 Å². The van der Waals surface area contributed by atoms with Gasteiger partial charge in [-0.05, 0) is 59.9 Å². The first-order chi connectivity index (χ1) is 21.2. The Morgan fingerprint density at radius 3 is 2.05 bits per heavy atom. The second kappa shape index (κ2) is 15.3. The molecule has 0 aromatic heterocycles. The van der Waals surface area contributed by atoms with Gasteiger partial charge in [0.05, 0.1) is 10.6 Å². The van der Waals surface area contributed by atoms with Gasteiger partial charge in [0.25, 0.3) is 10.0 Å². The van der Waals surface area contributed by atoms with Gasteiger partial charge in [-0.3, -0.25) is 13.9 Å². The molecule has 4 aromatic rings. The minimum absolute atomic E-state index is 0.0230. The summed E-state index contributed by atoms with van der Waals surface area (Å²) >= 11 is 0. The van der Waals surface area contributed by atoms with E-state index in [4.69, 9.17) is 0 Å². The van der Waals surface area contributed by atoms with Gasteiger partial charge in [0.2, 0.25) is 11.8 Å². The summed E-state index contributed by atoms with van der Waals surface area (Å²) in [6.07, 6.45) is 1.45. The first-order valence-corrected chi connectivity index (χ1v) is 16.2. The van der Waals surface area contributed by atoms with E-state index in [1.807, 2.05) is 56.3 Å². The quantitative estimate of drug-likeness (QED) is 0.196. The lowest BCUT2D eigenvalue weighted by Crippen LogP contribution is -2.53. The van der Waals surface area contributed by atoms with E-state index < -0.39 is 34.3 Å². The lowest BCUT2D eigenvalue weighted by Gasteiger charge is -2.34. The van der Waals surface area contributed by atoms with Crippen molar-refractivity contribution < 1.29 is 22.4 Å². The number of carbonyl (C=O) groups is 2. The van der Waals surface area contributed by atoms with Crippen molar-refractivity contribution in [1.29, 1.82) is 0 Å². The second-order valence-electron chi connectivity index (χ2n) is 10.5. The van der Waals surface area contributed by atoms with Crippen LogP contribution in [0.2, 0.25) is 0 Å². The molecule has 7 nitrogen and oxygen atoms in total. The lowest BCUT2D eigenvalue weighted by molar-refractivity contribution is -0.140. The number of carbonyl (C=O) groups excluding carboxylic acids is 2. The Hall–Kier alpha value is -4.50. The van der Waals surface area contributed by atoms with Crippen LogP contribution in [0.25, 0.3) is 0 Å². The number of anilines is 1. The van der Waals surface area contributed by atoms with E-state index in [0.29, 0.717) is 30.6 Å². The van der Waals surface area contributed by atoms with Gasteiger partial charge in [0, 0.05) is 19.5 Å². The van der Waals surface area contributed by atoms with Crippen LogP contribution in [0.1, 0.15) is 37.0 Å². The summed E-state index contributed by atoms with van der Waals surface area (Å²) in [5.74, 6) is -1.34. The maximum atomic E-state index is 14.5. The molecule has 0 fully saturated rings. The van der Waals surface area contributed by atoms with Crippen LogP contribution in [-0.4, -0.2) is 44.3 Å². The van der Waals surface area contributed by atoms with E-state index in [1.54, 1.807) is 42.5 Å². The van der Waals surface area contributed by atoms with E-state index in [1.165, 1.54) is 29.2 Å². The Morgan fingerprint density at radius 2 is 1.41 bits per heavy atom. The first-order valence-electron chi connectivity index (χ1n) is 14.8. The second-order valence-corrected chi connectivity index (χ2v) is 12.3. The molecule has 4 aromatic carbocycles. The number of sulfonamides is 1. The smallest absolute Gasteiger partial charge is 0.264 e. The Morgan fingerprint density at radius 1 is 0.795 bits per heavy atom. The fraction of sp³-hybridized carbons (Fsp3) is 0.257. The van der Waals surface area contributed by atoms with E-state index in [0.717, 1.165) is 15.4 Å². The molecule has 230 valence electrons. The molecule has 0 bridgehead atoms. The van der Waals surface area contributed by atoms with Crippen molar-refractivity contribution in [2.75, 3.05) is 17.4 Å². The third-order valence-corrected chi connectivity index (χ3v) is 9.11. The van der Waals surface area contributed by atoms with Crippen molar-refractivity contribution in [3.8, 4) is 0 Å². The third-order valence-electron chi connectivity index (χ3n) is 7.34. The molecule has 0 radical (unpaired) electrons. The number of benzene rings is 4. The maximum Gasteiger partial charge on any atom is 0.264 e. The molecule has 0 aliphatic heterocycles. The highest BCUT2D eigenvalue weighted by atomic mass is 32.2. The maximum absolute atomic E-state index is 14.5. The summed E-state index contributed by atoms with van der Waals surface area (Å²) in [7, 11) is -4.18. The zero-order chi connectivity index (χ0) is 31.5. The van der Waals surface area contributed by atoms with E-state index >= 15 is 0 Å². The van der Waals surface area contributed by atoms with Crippen LogP contribution in [0.15, 0.2) is 114 Å². The predicted molar refractivity (Wildman–Crippen MR) is 171 cm³/mol. The fourth-order valence-corrected chi connectivity index (χ4v) is 6.47. The lowest BCUT2D eigenvalue weighted by atomic mass is 10.0. The molecule has 0 aliphatic rings. The van der Waals surface area contributed by atoms with Crippen LogP contribution in [0, 0.1) is 5.82 Å². The molecule has 0 aliphatic carbocycles. The van der Waals surface area contributed by atoms with Crippen molar-refractivity contribution in [3.05, 3.63) is 132 Å². The molecule has 1 N–H and O–H groups in total. The van der Waals surface area contributed by atoms with E-state index in [9.17, 15) is 22.4 Å². The number of aryl methyl sites for hydroxylation is 1. The van der Waals surface area contributed by atoms with Crippen LogP contribution >= 0.6 is 0 Å². The molecule has 4 rings (SSSR count). The first kappa shape index (κ1) is 32.4. The summed E-state index contributed by atoms with van der Waals surface area (Å²) < 4.78 is 43.2. The standard InChI is InChI=1S/C35H38FN3O4S/c1-3-23-37-35(41)33(24-27-13-7-5-8-14-27)38(25-28-19-21-30(36)22-20-28)34(40)26-39(32-18-12-11-15-29(32)4-2)44(42,43)31-16-9-6-10-17-31/h5-22,33H,3-4,23-26H2,1-2H3,(H,37,41)/t33-/m1/s1. The van der Waals surface area contributed by atoms with Crippen molar-refractivity contribution in [1.82, 2.24) is 10.2 Å². The van der Waals surface area contributed by atoms with Gasteiger partial charge in [0.15, 0.2) is 0 Å². The molecule has 1 atom stereocenters. The molecule has 44 heavy (non-hydrogen) atoms. The molecule has 0 heterocycles. The average molecular weight is 616 g/mol. The summed E-state index contributed by atoms with van der Waals surface area (Å²) in [4.78, 5) is 29.6. The third kappa shape index (κ3) is 8.11. The normalized spacial score (nSPS) is 11.9. The van der Waals surface area contributed by atoms with Crippen LogP contribution in [0.5, 0.6) is 0 Å². The molecular formula is C35H38FN3O4S. The van der Waals surface area contributed by atoms with Crippen LogP contribution in [-0.2, 0) is 39.0 Å². The summed E-state index contributed by atoms with van der Waals surface area (Å²) in [6.45, 7) is 3.71. The highest BCUT2D eigenvalue weighted by Crippen LogP contribution is 2.28. The summed E-state index contributed by atoms with van der Waals surface area (Å²) in [6, 6.07) is 29.2. The number of nitrogens with zero attached hydrogens (tertiary/aromatic N) is 2. The highest BCUT2D eigenvalue weighted by Gasteiger charge is 2.35. The van der Waals surface area contributed by atoms with Crippen molar-refractivity contribution in [3.63, 3.8) is 0 Å². The number of nitrogens with one attached hydrogen (secondary N) is 1. The van der Waals surface area contributed by atoms with Gasteiger partial charge >= 0.3 is 0 Å². The van der Waals surface area contributed by atoms with Crippen LogP contribution in [0.3, 0.4) is 0 Å². The average Bonchev–Trinajstić information content (AvgIpc) is 3.05. The van der Waals surface area contributed by atoms with Crippen LogP contribution < -0.4 is 9.62 Å². The Labute approximate surface area is 259 Å². The monoisotopic (exact) mass is 615 g/mol. The molecule has 0 unspecified atom stereocenters. The fourth-order valence-electron chi connectivity index (χ4n) is 4.99. The van der Waals surface area contributed by atoms with E-state index in [-0.39, 0.29) is 23.8 Å². The molecule has 0 spiro atoms. The Bertz CT molecular complexity index is 1630. The molecule has 9 heteroatoms. The number of hydrogen-bond donors (Lipinski definition) is 1.